The van der Waals surface area contributed by atoms with Crippen molar-refractivity contribution >= 4 is 11.5 Å². The maximum Gasteiger partial charge on any atom is 0.242 e. The van der Waals surface area contributed by atoms with Gasteiger partial charge in [0.2, 0.25) is 5.88 Å². The first-order valence-electron chi connectivity index (χ1n) is 6.72. The summed E-state index contributed by atoms with van der Waals surface area (Å²) in [6.07, 6.45) is 1.43. The summed E-state index contributed by atoms with van der Waals surface area (Å²) in [5, 5.41) is 3.19. The molecule has 0 unspecified atom stereocenters. The Morgan fingerprint density at radius 2 is 1.90 bits per heavy atom. The number of nitrogens with one attached hydrogen (secondary N) is 1. The Bertz CT molecular complexity index is 572. The van der Waals surface area contributed by atoms with Crippen LogP contribution in [0, 0.1) is 6.92 Å². The SMILES string of the molecule is COCCOc1ncnc(NCc2ccc(C)cc2)c1N. The average molecular weight is 288 g/mol. The molecule has 0 atom stereocenters. The smallest absolute Gasteiger partial charge is 0.242 e. The number of aryl methyl sites for hydroxylation is 1. The van der Waals surface area contributed by atoms with E-state index in [2.05, 4.69) is 46.5 Å². The average Bonchev–Trinajstić information content (AvgIpc) is 2.49. The van der Waals surface area contributed by atoms with E-state index in [9.17, 15) is 0 Å². The first-order chi connectivity index (χ1) is 10.2. The number of hydrogen-bond donors (Lipinski definition) is 2. The van der Waals surface area contributed by atoms with Crippen molar-refractivity contribution in [2.45, 2.75) is 13.5 Å². The Labute approximate surface area is 124 Å². The van der Waals surface area contributed by atoms with Crippen LogP contribution in [0.15, 0.2) is 30.6 Å². The van der Waals surface area contributed by atoms with Crippen molar-refractivity contribution in [3.63, 3.8) is 0 Å². The van der Waals surface area contributed by atoms with Crippen molar-refractivity contribution in [3.05, 3.63) is 41.7 Å². The van der Waals surface area contributed by atoms with E-state index in [0.717, 1.165) is 5.56 Å². The summed E-state index contributed by atoms with van der Waals surface area (Å²) < 4.78 is 10.4. The van der Waals surface area contributed by atoms with Crippen LogP contribution in [0.4, 0.5) is 11.5 Å². The standard InChI is InChI=1S/C15H20N4O2/c1-11-3-5-12(6-4-11)9-17-14-13(16)15(19-10-18-14)21-8-7-20-2/h3-6,10H,7-9,16H2,1-2H3,(H,17,18,19). The number of methoxy groups -OCH3 is 1. The monoisotopic (exact) mass is 288 g/mol. The van der Waals surface area contributed by atoms with E-state index in [4.69, 9.17) is 15.2 Å². The van der Waals surface area contributed by atoms with E-state index in [1.165, 1.54) is 11.9 Å². The molecule has 1 aromatic carbocycles. The highest BCUT2D eigenvalue weighted by molar-refractivity contribution is 5.66. The van der Waals surface area contributed by atoms with Gasteiger partial charge in [0.05, 0.1) is 6.61 Å². The summed E-state index contributed by atoms with van der Waals surface area (Å²) in [4.78, 5) is 8.16. The summed E-state index contributed by atoms with van der Waals surface area (Å²) in [6.45, 7) is 3.58. The van der Waals surface area contributed by atoms with E-state index in [1.54, 1.807) is 7.11 Å². The summed E-state index contributed by atoms with van der Waals surface area (Å²) >= 11 is 0. The Morgan fingerprint density at radius 3 is 2.62 bits per heavy atom. The summed E-state index contributed by atoms with van der Waals surface area (Å²) in [5.74, 6) is 0.937. The minimum absolute atomic E-state index is 0.369. The number of nitrogens with two attached hydrogens (primary N) is 1. The molecule has 6 heteroatoms. The van der Waals surface area contributed by atoms with Gasteiger partial charge < -0.3 is 20.5 Å². The second-order valence-corrected chi connectivity index (χ2v) is 4.62. The first kappa shape index (κ1) is 15.1. The molecule has 0 spiro atoms. The van der Waals surface area contributed by atoms with Crippen LogP contribution in [0.1, 0.15) is 11.1 Å². The van der Waals surface area contributed by atoms with E-state index >= 15 is 0 Å². The number of rotatable bonds is 7. The Kier molecular flexibility index (Phi) is 5.34. The van der Waals surface area contributed by atoms with E-state index in [0.29, 0.717) is 37.1 Å². The van der Waals surface area contributed by atoms with Gasteiger partial charge in [0.25, 0.3) is 0 Å². The van der Waals surface area contributed by atoms with Crippen LogP contribution < -0.4 is 15.8 Å². The van der Waals surface area contributed by atoms with Crippen LogP contribution in [0.2, 0.25) is 0 Å². The number of benzene rings is 1. The molecule has 0 bridgehead atoms. The van der Waals surface area contributed by atoms with Crippen LogP contribution in [0.5, 0.6) is 5.88 Å². The lowest BCUT2D eigenvalue weighted by Gasteiger charge is -2.11. The maximum atomic E-state index is 6.00. The van der Waals surface area contributed by atoms with Gasteiger partial charge in [-0.25, -0.2) is 4.98 Å². The molecule has 0 fully saturated rings. The molecule has 0 saturated carbocycles. The van der Waals surface area contributed by atoms with Gasteiger partial charge in [-0.1, -0.05) is 29.8 Å². The number of ether oxygens (including phenoxy) is 2. The molecule has 3 N–H and O–H groups in total. The number of nitrogen functional groups attached to an aromatic ring is 1. The molecule has 0 aliphatic rings. The van der Waals surface area contributed by atoms with Gasteiger partial charge in [0, 0.05) is 13.7 Å². The fourth-order valence-electron chi connectivity index (χ4n) is 1.75. The second kappa shape index (κ2) is 7.44. The third-order valence-electron chi connectivity index (χ3n) is 2.95. The molecule has 0 amide bonds. The molecule has 0 aliphatic carbocycles. The fraction of sp³-hybridized carbons (Fsp3) is 0.333. The zero-order chi connectivity index (χ0) is 15.1. The zero-order valence-corrected chi connectivity index (χ0v) is 12.3. The Hall–Kier alpha value is -2.34. The van der Waals surface area contributed by atoms with Crippen LogP contribution in [0.3, 0.4) is 0 Å². The van der Waals surface area contributed by atoms with Crippen LogP contribution in [-0.2, 0) is 11.3 Å². The third-order valence-corrected chi connectivity index (χ3v) is 2.95. The second-order valence-electron chi connectivity index (χ2n) is 4.62. The van der Waals surface area contributed by atoms with Crippen molar-refractivity contribution in [2.24, 2.45) is 0 Å². The minimum Gasteiger partial charge on any atom is -0.474 e. The van der Waals surface area contributed by atoms with Gasteiger partial charge in [-0.15, -0.1) is 0 Å². The molecular weight excluding hydrogens is 268 g/mol. The van der Waals surface area contributed by atoms with Crippen molar-refractivity contribution in [1.82, 2.24) is 9.97 Å². The number of nitrogens with zero attached hydrogens (tertiary/aromatic N) is 2. The van der Waals surface area contributed by atoms with Gasteiger partial charge in [-0.3, -0.25) is 0 Å². The number of anilines is 2. The van der Waals surface area contributed by atoms with Crippen LogP contribution in [0.25, 0.3) is 0 Å². The zero-order valence-electron chi connectivity index (χ0n) is 12.3. The fourth-order valence-corrected chi connectivity index (χ4v) is 1.75. The summed E-state index contributed by atoms with van der Waals surface area (Å²) in [5.41, 5.74) is 8.79. The van der Waals surface area contributed by atoms with E-state index in [1.807, 2.05) is 0 Å². The highest BCUT2D eigenvalue weighted by Crippen LogP contribution is 2.24. The molecule has 1 heterocycles. The number of hydrogen-bond acceptors (Lipinski definition) is 6. The van der Waals surface area contributed by atoms with Crippen LogP contribution in [-0.4, -0.2) is 30.3 Å². The van der Waals surface area contributed by atoms with Crippen molar-refractivity contribution in [3.8, 4) is 5.88 Å². The highest BCUT2D eigenvalue weighted by Gasteiger charge is 2.09. The van der Waals surface area contributed by atoms with Gasteiger partial charge in [-0.05, 0) is 12.5 Å². The molecular formula is C15H20N4O2. The lowest BCUT2D eigenvalue weighted by Crippen LogP contribution is -2.10. The number of aromatic nitrogens is 2. The summed E-state index contributed by atoms with van der Waals surface area (Å²) in [7, 11) is 1.61. The van der Waals surface area contributed by atoms with Gasteiger partial charge >= 0.3 is 0 Å². The topological polar surface area (TPSA) is 82.3 Å². The van der Waals surface area contributed by atoms with Crippen molar-refractivity contribution < 1.29 is 9.47 Å². The lowest BCUT2D eigenvalue weighted by atomic mass is 10.1. The quantitative estimate of drug-likeness (QED) is 0.758. The molecule has 6 nitrogen and oxygen atoms in total. The van der Waals surface area contributed by atoms with Gasteiger partial charge in [0.1, 0.15) is 18.6 Å². The molecule has 0 saturated heterocycles. The maximum absolute atomic E-state index is 6.00. The third kappa shape index (κ3) is 4.32. The normalized spacial score (nSPS) is 10.4. The molecule has 112 valence electrons. The van der Waals surface area contributed by atoms with Gasteiger partial charge in [-0.2, -0.15) is 4.98 Å². The Morgan fingerprint density at radius 1 is 1.14 bits per heavy atom. The molecule has 1 aromatic heterocycles. The lowest BCUT2D eigenvalue weighted by molar-refractivity contribution is 0.144. The highest BCUT2D eigenvalue weighted by atomic mass is 16.5. The first-order valence-corrected chi connectivity index (χ1v) is 6.72. The van der Waals surface area contributed by atoms with Crippen LogP contribution >= 0.6 is 0 Å². The predicted molar refractivity (Wildman–Crippen MR) is 82.3 cm³/mol. The minimum atomic E-state index is 0.369. The predicted octanol–water partition coefficient (Wildman–Crippen LogP) is 2.00. The molecule has 2 rings (SSSR count). The van der Waals surface area contributed by atoms with Gasteiger partial charge in [0.15, 0.2) is 5.82 Å². The molecule has 0 radical (unpaired) electrons. The molecule has 2 aromatic rings. The van der Waals surface area contributed by atoms with E-state index in [-0.39, 0.29) is 0 Å². The largest absolute Gasteiger partial charge is 0.474 e. The van der Waals surface area contributed by atoms with E-state index < -0.39 is 0 Å². The molecule has 0 aliphatic heterocycles. The molecule has 21 heavy (non-hydrogen) atoms. The summed E-state index contributed by atoms with van der Waals surface area (Å²) in [6, 6.07) is 8.27. The van der Waals surface area contributed by atoms with Crippen molar-refractivity contribution in [1.29, 1.82) is 0 Å². The van der Waals surface area contributed by atoms with Crippen molar-refractivity contribution in [2.75, 3.05) is 31.4 Å². The Balaban J connectivity index is 1.99.